The molecule has 0 spiro atoms. The number of rotatable bonds is 4. The average Bonchev–Trinajstić information content (AvgIpc) is 2.47. The predicted molar refractivity (Wildman–Crippen MR) is 78.3 cm³/mol. The first kappa shape index (κ1) is 15.8. The number of likely N-dealkylation sites (N-methyl/N-ethyl adjacent to an activating group) is 1. The number of amides is 1. The van der Waals surface area contributed by atoms with Crippen LogP contribution in [0.1, 0.15) is 11.1 Å². The Morgan fingerprint density at radius 1 is 1.09 bits per heavy atom. The highest BCUT2D eigenvalue weighted by atomic mass is 19.1. The molecule has 0 aliphatic carbocycles. The zero-order valence-electron chi connectivity index (χ0n) is 11.9. The second kappa shape index (κ2) is 6.93. The van der Waals surface area contributed by atoms with E-state index in [0.717, 1.165) is 12.1 Å². The summed E-state index contributed by atoms with van der Waals surface area (Å²) in [5, 5.41) is 0. The number of halogens is 3. The molecule has 114 valence electrons. The zero-order valence-corrected chi connectivity index (χ0v) is 11.9. The monoisotopic (exact) mass is 305 g/mol. The highest BCUT2D eigenvalue weighted by molar-refractivity contribution is 5.91. The summed E-state index contributed by atoms with van der Waals surface area (Å²) in [5.41, 5.74) is 0.770. The summed E-state index contributed by atoms with van der Waals surface area (Å²) >= 11 is 0. The number of carbonyl (C=O) groups is 1. The fourth-order valence-corrected chi connectivity index (χ4v) is 1.89. The van der Waals surface area contributed by atoms with Crippen molar-refractivity contribution in [1.82, 2.24) is 4.90 Å². The van der Waals surface area contributed by atoms with Crippen molar-refractivity contribution in [3.8, 4) is 0 Å². The third kappa shape index (κ3) is 4.22. The lowest BCUT2D eigenvalue weighted by Gasteiger charge is -2.15. The van der Waals surface area contributed by atoms with Gasteiger partial charge in [-0.25, -0.2) is 13.2 Å². The van der Waals surface area contributed by atoms with E-state index in [2.05, 4.69) is 0 Å². The quantitative estimate of drug-likeness (QED) is 0.787. The first-order valence-electron chi connectivity index (χ1n) is 6.58. The van der Waals surface area contributed by atoms with Gasteiger partial charge in [0.25, 0.3) is 0 Å². The number of carbonyl (C=O) groups excluding carboxylic acids is 1. The normalized spacial score (nSPS) is 10.9. The highest BCUT2D eigenvalue weighted by Gasteiger charge is 2.10. The van der Waals surface area contributed by atoms with E-state index >= 15 is 0 Å². The first-order chi connectivity index (χ1) is 10.5. The van der Waals surface area contributed by atoms with Gasteiger partial charge in [0.1, 0.15) is 17.5 Å². The van der Waals surface area contributed by atoms with Crippen LogP contribution in [0.5, 0.6) is 0 Å². The third-order valence-corrected chi connectivity index (χ3v) is 3.07. The molecule has 2 nitrogen and oxygen atoms in total. The summed E-state index contributed by atoms with van der Waals surface area (Å²) in [6.45, 7) is 0.0123. The van der Waals surface area contributed by atoms with Crippen molar-refractivity contribution in [2.24, 2.45) is 0 Å². The molecule has 0 unspecified atom stereocenters. The Morgan fingerprint density at radius 2 is 1.82 bits per heavy atom. The number of benzene rings is 2. The van der Waals surface area contributed by atoms with Gasteiger partial charge in [0.15, 0.2) is 0 Å². The second-order valence-corrected chi connectivity index (χ2v) is 4.82. The van der Waals surface area contributed by atoms with E-state index in [4.69, 9.17) is 0 Å². The molecule has 1 amide bonds. The number of hydrogen-bond donors (Lipinski definition) is 0. The van der Waals surface area contributed by atoms with Crippen molar-refractivity contribution in [1.29, 1.82) is 0 Å². The standard InChI is InChI=1S/C17H14F3NO/c1-21(11-13-6-7-15(19)10-16(13)20)17(22)8-5-12-3-2-4-14(18)9-12/h2-10H,11H2,1H3/b8-5+. The third-order valence-electron chi connectivity index (χ3n) is 3.07. The largest absolute Gasteiger partial charge is 0.338 e. The van der Waals surface area contributed by atoms with Gasteiger partial charge < -0.3 is 4.90 Å². The van der Waals surface area contributed by atoms with Crippen LogP contribution < -0.4 is 0 Å². The van der Waals surface area contributed by atoms with Crippen molar-refractivity contribution in [2.45, 2.75) is 6.54 Å². The van der Waals surface area contributed by atoms with Crippen LogP contribution in [0.3, 0.4) is 0 Å². The lowest BCUT2D eigenvalue weighted by atomic mass is 10.2. The van der Waals surface area contributed by atoms with Crippen LogP contribution in [0, 0.1) is 17.5 Å². The van der Waals surface area contributed by atoms with Crippen molar-refractivity contribution in [3.05, 3.63) is 77.1 Å². The van der Waals surface area contributed by atoms with Gasteiger partial charge in [0.2, 0.25) is 5.91 Å². The van der Waals surface area contributed by atoms with E-state index in [1.165, 1.54) is 48.4 Å². The maximum absolute atomic E-state index is 13.5. The molecule has 0 aromatic heterocycles. The topological polar surface area (TPSA) is 20.3 Å². The van der Waals surface area contributed by atoms with Crippen LogP contribution >= 0.6 is 0 Å². The van der Waals surface area contributed by atoms with Crippen LogP contribution in [-0.2, 0) is 11.3 Å². The Labute approximate surface area is 126 Å². The molecule has 2 aromatic carbocycles. The molecule has 0 saturated carbocycles. The molecular formula is C17H14F3NO. The van der Waals surface area contributed by atoms with Crippen LogP contribution in [0.25, 0.3) is 6.08 Å². The fourth-order valence-electron chi connectivity index (χ4n) is 1.89. The molecule has 2 aromatic rings. The van der Waals surface area contributed by atoms with Gasteiger partial charge in [-0.05, 0) is 29.8 Å². The molecule has 0 radical (unpaired) electrons. The van der Waals surface area contributed by atoms with Gasteiger partial charge >= 0.3 is 0 Å². The van der Waals surface area contributed by atoms with Crippen LogP contribution in [0.2, 0.25) is 0 Å². The molecule has 0 aliphatic rings. The zero-order chi connectivity index (χ0) is 16.1. The molecule has 0 bridgehead atoms. The summed E-state index contributed by atoms with van der Waals surface area (Å²) in [5.74, 6) is -2.13. The van der Waals surface area contributed by atoms with Crippen LogP contribution in [-0.4, -0.2) is 17.9 Å². The molecule has 2 rings (SSSR count). The minimum atomic E-state index is -0.700. The van der Waals surface area contributed by atoms with E-state index in [1.54, 1.807) is 6.07 Å². The minimum Gasteiger partial charge on any atom is -0.338 e. The van der Waals surface area contributed by atoms with Crippen molar-refractivity contribution in [3.63, 3.8) is 0 Å². The second-order valence-electron chi connectivity index (χ2n) is 4.82. The first-order valence-corrected chi connectivity index (χ1v) is 6.58. The Balaban J connectivity index is 2.03. The molecule has 0 fully saturated rings. The van der Waals surface area contributed by atoms with E-state index in [0.29, 0.717) is 5.56 Å². The number of nitrogens with zero attached hydrogens (tertiary/aromatic N) is 1. The van der Waals surface area contributed by atoms with Crippen LogP contribution in [0.15, 0.2) is 48.5 Å². The summed E-state index contributed by atoms with van der Waals surface area (Å²) in [6, 6.07) is 9.01. The smallest absolute Gasteiger partial charge is 0.246 e. The summed E-state index contributed by atoms with van der Waals surface area (Å²) in [4.78, 5) is 13.2. The Bertz CT molecular complexity index is 713. The predicted octanol–water partition coefficient (Wildman–Crippen LogP) is 3.78. The molecule has 0 N–H and O–H groups in total. The van der Waals surface area contributed by atoms with E-state index in [-0.39, 0.29) is 18.0 Å². The minimum absolute atomic E-state index is 0.0123. The molecule has 22 heavy (non-hydrogen) atoms. The molecular weight excluding hydrogens is 291 g/mol. The van der Waals surface area contributed by atoms with E-state index in [1.807, 2.05) is 0 Å². The van der Waals surface area contributed by atoms with Gasteiger partial charge in [-0.15, -0.1) is 0 Å². The van der Waals surface area contributed by atoms with Gasteiger partial charge in [0, 0.05) is 31.3 Å². The van der Waals surface area contributed by atoms with Gasteiger partial charge in [0.05, 0.1) is 0 Å². The van der Waals surface area contributed by atoms with Gasteiger partial charge in [-0.1, -0.05) is 18.2 Å². The van der Waals surface area contributed by atoms with Crippen molar-refractivity contribution < 1.29 is 18.0 Å². The maximum atomic E-state index is 13.5. The maximum Gasteiger partial charge on any atom is 0.246 e. The molecule has 0 atom stereocenters. The molecule has 0 saturated heterocycles. The lowest BCUT2D eigenvalue weighted by molar-refractivity contribution is -0.125. The molecule has 0 heterocycles. The lowest BCUT2D eigenvalue weighted by Crippen LogP contribution is -2.24. The summed E-state index contributed by atoms with van der Waals surface area (Å²) in [7, 11) is 1.50. The number of hydrogen-bond acceptors (Lipinski definition) is 1. The SMILES string of the molecule is CN(Cc1ccc(F)cc1F)C(=O)/C=C/c1cccc(F)c1. The fraction of sp³-hybridized carbons (Fsp3) is 0.118. The highest BCUT2D eigenvalue weighted by Crippen LogP contribution is 2.12. The van der Waals surface area contributed by atoms with E-state index < -0.39 is 17.5 Å². The van der Waals surface area contributed by atoms with Crippen molar-refractivity contribution in [2.75, 3.05) is 7.05 Å². The van der Waals surface area contributed by atoms with Crippen molar-refractivity contribution >= 4 is 12.0 Å². The molecule has 0 aliphatic heterocycles. The average molecular weight is 305 g/mol. The Hall–Kier alpha value is -2.56. The van der Waals surface area contributed by atoms with Crippen LogP contribution in [0.4, 0.5) is 13.2 Å². The summed E-state index contributed by atoms with van der Waals surface area (Å²) in [6.07, 6.45) is 2.75. The Morgan fingerprint density at radius 3 is 2.50 bits per heavy atom. The van der Waals surface area contributed by atoms with Gasteiger partial charge in [-0.3, -0.25) is 4.79 Å². The van der Waals surface area contributed by atoms with Gasteiger partial charge in [-0.2, -0.15) is 0 Å². The summed E-state index contributed by atoms with van der Waals surface area (Å²) < 4.78 is 39.4. The Kier molecular flexibility index (Phi) is 4.99. The van der Waals surface area contributed by atoms with E-state index in [9.17, 15) is 18.0 Å². The molecule has 5 heteroatoms.